The van der Waals surface area contributed by atoms with Crippen LogP contribution in [-0.2, 0) is 4.74 Å². The molecule has 0 heterocycles. The summed E-state index contributed by atoms with van der Waals surface area (Å²) in [5.74, 6) is -1.22. The monoisotopic (exact) mass is 460 g/mol. The first-order valence-electron chi connectivity index (χ1n) is 12.1. The molecule has 2 nitrogen and oxygen atoms in total. The lowest BCUT2D eigenvalue weighted by atomic mass is 9.60. The number of rotatable bonds is 5. The number of ether oxygens (including phenoxy) is 2. The largest absolute Gasteiger partial charge is 0.573 e. The van der Waals surface area contributed by atoms with Crippen molar-refractivity contribution in [2.45, 2.75) is 89.5 Å². The number of benzene rings is 1. The van der Waals surface area contributed by atoms with E-state index in [-0.39, 0.29) is 5.92 Å². The SMILES string of the molecule is CCOC1CCC(C2CCC3CC(c4cc(F)c(OC(F)(F)F)c(F)c4)CCC3C2)CC1. The van der Waals surface area contributed by atoms with Crippen molar-refractivity contribution in [1.82, 2.24) is 0 Å². The van der Waals surface area contributed by atoms with E-state index < -0.39 is 23.7 Å². The number of fused-ring (bicyclic) bond motifs is 1. The van der Waals surface area contributed by atoms with Crippen LogP contribution in [0, 0.1) is 35.3 Å². The molecule has 0 amide bonds. The molecule has 0 N–H and O–H groups in total. The molecule has 0 spiro atoms. The van der Waals surface area contributed by atoms with Crippen LogP contribution in [0.15, 0.2) is 12.1 Å². The van der Waals surface area contributed by atoms with Gasteiger partial charge in [0.15, 0.2) is 11.6 Å². The molecule has 0 aromatic heterocycles. The first-order chi connectivity index (χ1) is 15.2. The highest BCUT2D eigenvalue weighted by molar-refractivity contribution is 5.33. The number of alkyl halides is 3. The zero-order valence-corrected chi connectivity index (χ0v) is 18.6. The Morgan fingerprint density at radius 1 is 0.781 bits per heavy atom. The number of hydrogen-bond donors (Lipinski definition) is 0. The molecule has 1 aromatic rings. The Bertz CT molecular complexity index is 749. The number of hydrogen-bond acceptors (Lipinski definition) is 2. The van der Waals surface area contributed by atoms with Gasteiger partial charge in [-0.25, -0.2) is 8.78 Å². The Kier molecular flexibility index (Phi) is 7.33. The zero-order valence-electron chi connectivity index (χ0n) is 18.6. The average Bonchev–Trinajstić information content (AvgIpc) is 2.75. The van der Waals surface area contributed by atoms with Crippen molar-refractivity contribution in [2.24, 2.45) is 23.7 Å². The van der Waals surface area contributed by atoms with Crippen LogP contribution in [0.4, 0.5) is 22.0 Å². The smallest absolute Gasteiger partial charge is 0.399 e. The maximum atomic E-state index is 14.2. The first kappa shape index (κ1) is 23.8. The van der Waals surface area contributed by atoms with E-state index in [0.717, 1.165) is 69.1 Å². The van der Waals surface area contributed by atoms with Crippen molar-refractivity contribution >= 4 is 0 Å². The van der Waals surface area contributed by atoms with Gasteiger partial charge in [0, 0.05) is 6.61 Å². The molecule has 3 aliphatic rings. The van der Waals surface area contributed by atoms with Crippen molar-refractivity contribution in [3.8, 4) is 5.75 Å². The molecule has 180 valence electrons. The predicted molar refractivity (Wildman–Crippen MR) is 111 cm³/mol. The van der Waals surface area contributed by atoms with E-state index in [1.807, 2.05) is 0 Å². The van der Waals surface area contributed by atoms with Gasteiger partial charge in [0.05, 0.1) is 6.10 Å². The lowest BCUT2D eigenvalue weighted by molar-refractivity contribution is -0.276. The summed E-state index contributed by atoms with van der Waals surface area (Å²) in [5, 5.41) is 0. The Morgan fingerprint density at radius 3 is 1.91 bits per heavy atom. The minimum Gasteiger partial charge on any atom is -0.399 e. The molecule has 0 radical (unpaired) electrons. The van der Waals surface area contributed by atoms with Gasteiger partial charge in [0.25, 0.3) is 0 Å². The highest BCUT2D eigenvalue weighted by atomic mass is 19.4. The molecule has 0 saturated heterocycles. The second-order valence-corrected chi connectivity index (χ2v) is 9.96. The summed E-state index contributed by atoms with van der Waals surface area (Å²) < 4.78 is 74.9. The Labute approximate surface area is 186 Å². The molecule has 32 heavy (non-hydrogen) atoms. The third-order valence-electron chi connectivity index (χ3n) is 8.15. The molecule has 3 fully saturated rings. The fourth-order valence-electron chi connectivity index (χ4n) is 6.65. The fourth-order valence-corrected chi connectivity index (χ4v) is 6.65. The van der Waals surface area contributed by atoms with E-state index in [1.165, 1.54) is 25.7 Å². The van der Waals surface area contributed by atoms with E-state index in [1.54, 1.807) is 0 Å². The molecule has 0 aliphatic heterocycles. The summed E-state index contributed by atoms with van der Waals surface area (Å²) >= 11 is 0. The molecule has 1 aromatic carbocycles. The lowest BCUT2D eigenvalue weighted by Gasteiger charge is -2.45. The summed E-state index contributed by atoms with van der Waals surface area (Å²) in [7, 11) is 0. The van der Waals surface area contributed by atoms with E-state index in [0.29, 0.717) is 23.5 Å². The fraction of sp³-hybridized carbons (Fsp3) is 0.760. The Balaban J connectivity index is 1.34. The normalized spacial score (nSPS) is 33.6. The highest BCUT2D eigenvalue weighted by Crippen LogP contribution is 2.51. The van der Waals surface area contributed by atoms with Crippen LogP contribution in [0.5, 0.6) is 5.75 Å². The van der Waals surface area contributed by atoms with Gasteiger partial charge in [-0.05, 0) is 118 Å². The van der Waals surface area contributed by atoms with Gasteiger partial charge in [-0.1, -0.05) is 0 Å². The maximum Gasteiger partial charge on any atom is 0.573 e. The third kappa shape index (κ3) is 5.57. The van der Waals surface area contributed by atoms with Crippen LogP contribution < -0.4 is 4.74 Å². The molecule has 4 unspecified atom stereocenters. The molecule has 3 saturated carbocycles. The molecule has 7 heteroatoms. The lowest BCUT2D eigenvalue weighted by Crippen LogP contribution is -2.35. The van der Waals surface area contributed by atoms with Crippen LogP contribution in [-0.4, -0.2) is 19.1 Å². The van der Waals surface area contributed by atoms with E-state index in [4.69, 9.17) is 4.74 Å². The van der Waals surface area contributed by atoms with Crippen molar-refractivity contribution in [3.05, 3.63) is 29.3 Å². The van der Waals surface area contributed by atoms with Crippen molar-refractivity contribution in [2.75, 3.05) is 6.61 Å². The van der Waals surface area contributed by atoms with Gasteiger partial charge in [-0.15, -0.1) is 13.2 Å². The van der Waals surface area contributed by atoms with Crippen molar-refractivity contribution in [1.29, 1.82) is 0 Å². The van der Waals surface area contributed by atoms with Gasteiger partial charge in [0.1, 0.15) is 0 Å². The minimum absolute atomic E-state index is 0.0154. The highest BCUT2D eigenvalue weighted by Gasteiger charge is 2.40. The average molecular weight is 461 g/mol. The number of halogens is 5. The van der Waals surface area contributed by atoms with E-state index >= 15 is 0 Å². The van der Waals surface area contributed by atoms with Crippen LogP contribution in [0.3, 0.4) is 0 Å². The summed E-state index contributed by atoms with van der Waals surface area (Å²) in [6, 6.07) is 2.05. The van der Waals surface area contributed by atoms with Crippen molar-refractivity contribution in [3.63, 3.8) is 0 Å². The van der Waals surface area contributed by atoms with Gasteiger partial charge < -0.3 is 9.47 Å². The third-order valence-corrected chi connectivity index (χ3v) is 8.15. The maximum absolute atomic E-state index is 14.2. The quantitative estimate of drug-likeness (QED) is 0.418. The van der Waals surface area contributed by atoms with E-state index in [2.05, 4.69) is 11.7 Å². The minimum atomic E-state index is -5.12. The van der Waals surface area contributed by atoms with Crippen LogP contribution in [0.1, 0.15) is 82.6 Å². The molecule has 4 rings (SSSR count). The Hall–Kier alpha value is -1.37. The van der Waals surface area contributed by atoms with Crippen LogP contribution >= 0.6 is 0 Å². The topological polar surface area (TPSA) is 18.5 Å². The van der Waals surface area contributed by atoms with Crippen LogP contribution in [0.25, 0.3) is 0 Å². The summed E-state index contributed by atoms with van der Waals surface area (Å²) in [4.78, 5) is 0. The van der Waals surface area contributed by atoms with Gasteiger partial charge in [0.2, 0.25) is 5.75 Å². The van der Waals surface area contributed by atoms with Crippen molar-refractivity contribution < 1.29 is 31.4 Å². The molecule has 3 aliphatic carbocycles. The van der Waals surface area contributed by atoms with Gasteiger partial charge in [-0.2, -0.15) is 0 Å². The van der Waals surface area contributed by atoms with Gasteiger partial charge >= 0.3 is 6.36 Å². The standard InChI is InChI=1S/C25H33F5O2/c1-2-31-21-9-7-15(8-10-21)16-3-4-18-12-19(6-5-17(18)11-16)20-13-22(26)24(23(27)14-20)32-25(28,29)30/h13-19,21H,2-12H2,1H3. The second kappa shape index (κ2) is 9.86. The van der Waals surface area contributed by atoms with E-state index in [9.17, 15) is 22.0 Å². The van der Waals surface area contributed by atoms with Crippen LogP contribution in [0.2, 0.25) is 0 Å². The first-order valence-corrected chi connectivity index (χ1v) is 12.1. The molecule has 4 atom stereocenters. The molecule has 0 bridgehead atoms. The molecular weight excluding hydrogens is 427 g/mol. The Morgan fingerprint density at radius 2 is 1.31 bits per heavy atom. The summed E-state index contributed by atoms with van der Waals surface area (Å²) in [6.45, 7) is 2.84. The summed E-state index contributed by atoms with van der Waals surface area (Å²) in [5.41, 5.74) is 0.448. The van der Waals surface area contributed by atoms with Gasteiger partial charge in [-0.3, -0.25) is 0 Å². The zero-order chi connectivity index (χ0) is 22.9. The predicted octanol–water partition coefficient (Wildman–Crippen LogP) is 7.76. The second-order valence-electron chi connectivity index (χ2n) is 9.96. The molecular formula is C25H33F5O2. The summed E-state index contributed by atoms with van der Waals surface area (Å²) in [6.07, 6.45) is 6.41.